The van der Waals surface area contributed by atoms with Crippen molar-refractivity contribution in [2.75, 3.05) is 40.0 Å². The predicted molar refractivity (Wildman–Crippen MR) is 110 cm³/mol. The van der Waals surface area contributed by atoms with Crippen LogP contribution in [-0.2, 0) is 9.53 Å². The molecule has 2 N–H and O–H groups in total. The minimum Gasteiger partial charge on any atom is -0.497 e. The number of rotatable bonds is 7. The molecule has 0 saturated carbocycles. The molecule has 2 aromatic rings. The van der Waals surface area contributed by atoms with Crippen molar-refractivity contribution >= 4 is 12.0 Å². The predicted octanol–water partition coefficient (Wildman–Crippen LogP) is 1.79. The Balaban J connectivity index is 1.67. The molecule has 0 aromatic heterocycles. The van der Waals surface area contributed by atoms with Gasteiger partial charge >= 0.3 is 0 Å². The van der Waals surface area contributed by atoms with Crippen molar-refractivity contribution in [3.05, 3.63) is 71.3 Å². The van der Waals surface area contributed by atoms with Crippen LogP contribution in [0.5, 0.6) is 5.75 Å². The molecule has 2 aromatic carbocycles. The smallest absolute Gasteiger partial charge is 0.244 e. The van der Waals surface area contributed by atoms with Crippen molar-refractivity contribution in [2.45, 2.75) is 13.0 Å². The largest absolute Gasteiger partial charge is 0.497 e. The molecule has 148 valence electrons. The fraction of sp³-hybridized carbons (Fsp3) is 0.348. The fourth-order valence-electron chi connectivity index (χ4n) is 3.31. The number of carbonyl (C=O) groups excluding carboxylic acids is 1. The number of aryl methyl sites for hydroxylation is 1. The Morgan fingerprint density at radius 1 is 1.14 bits per heavy atom. The summed E-state index contributed by atoms with van der Waals surface area (Å²) >= 11 is 0. The average molecular weight is 381 g/mol. The van der Waals surface area contributed by atoms with E-state index in [2.05, 4.69) is 36.5 Å². The maximum absolute atomic E-state index is 12.6. The summed E-state index contributed by atoms with van der Waals surface area (Å²) in [6.07, 6.45) is 3.42. The Hall–Kier alpha value is -2.63. The number of amides is 1. The van der Waals surface area contributed by atoms with Gasteiger partial charge in [-0.05, 0) is 36.3 Å². The Kier molecular flexibility index (Phi) is 7.23. The molecule has 0 radical (unpaired) electrons. The van der Waals surface area contributed by atoms with Crippen molar-refractivity contribution in [3.8, 4) is 5.75 Å². The normalized spacial score (nSPS) is 16.1. The summed E-state index contributed by atoms with van der Waals surface area (Å²) in [5.41, 5.74) is 3.31. The van der Waals surface area contributed by atoms with E-state index < -0.39 is 0 Å². The van der Waals surface area contributed by atoms with Gasteiger partial charge in [-0.3, -0.25) is 4.79 Å². The van der Waals surface area contributed by atoms with E-state index in [-0.39, 0.29) is 11.9 Å². The number of methoxy groups -OCH3 is 1. The van der Waals surface area contributed by atoms with Crippen molar-refractivity contribution in [2.24, 2.45) is 0 Å². The number of quaternary nitrogens is 1. The molecular formula is C23H29N2O3+. The number of ether oxygens (including phenoxy) is 2. The molecule has 0 aliphatic carbocycles. The molecule has 1 amide bonds. The summed E-state index contributed by atoms with van der Waals surface area (Å²) in [5.74, 6) is 0.712. The molecule has 0 unspecified atom stereocenters. The third-order valence-electron chi connectivity index (χ3n) is 5.03. The molecule has 0 spiro atoms. The third kappa shape index (κ3) is 5.94. The van der Waals surface area contributed by atoms with Gasteiger partial charge in [-0.2, -0.15) is 0 Å². The summed E-state index contributed by atoms with van der Waals surface area (Å²) in [4.78, 5) is 14.0. The first-order valence-corrected chi connectivity index (χ1v) is 9.74. The first kappa shape index (κ1) is 20.1. The zero-order chi connectivity index (χ0) is 19.8. The van der Waals surface area contributed by atoms with E-state index in [1.807, 2.05) is 30.3 Å². The molecule has 0 bridgehead atoms. The number of hydrogen-bond donors (Lipinski definition) is 2. The van der Waals surface area contributed by atoms with Crippen LogP contribution in [0.25, 0.3) is 6.08 Å². The van der Waals surface area contributed by atoms with E-state index in [9.17, 15) is 4.79 Å². The van der Waals surface area contributed by atoms with Gasteiger partial charge in [-0.15, -0.1) is 0 Å². The first-order valence-electron chi connectivity index (χ1n) is 9.74. The third-order valence-corrected chi connectivity index (χ3v) is 5.03. The van der Waals surface area contributed by atoms with Gasteiger partial charge in [0.1, 0.15) is 31.4 Å². The van der Waals surface area contributed by atoms with Gasteiger partial charge < -0.3 is 19.7 Å². The van der Waals surface area contributed by atoms with Crippen LogP contribution >= 0.6 is 0 Å². The lowest BCUT2D eigenvalue weighted by molar-refractivity contribution is -0.909. The van der Waals surface area contributed by atoms with Gasteiger partial charge in [0.25, 0.3) is 0 Å². The van der Waals surface area contributed by atoms with Crippen molar-refractivity contribution in [1.82, 2.24) is 5.32 Å². The maximum Gasteiger partial charge on any atom is 0.244 e. The second kappa shape index (κ2) is 10.1. The Labute approximate surface area is 167 Å². The van der Waals surface area contributed by atoms with Crippen molar-refractivity contribution in [1.29, 1.82) is 0 Å². The minimum absolute atomic E-state index is 0.0262. The highest BCUT2D eigenvalue weighted by atomic mass is 16.5. The number of carbonyl (C=O) groups is 1. The van der Waals surface area contributed by atoms with Gasteiger partial charge in [0.2, 0.25) is 5.91 Å². The van der Waals surface area contributed by atoms with Gasteiger partial charge in [0.15, 0.2) is 0 Å². The quantitative estimate of drug-likeness (QED) is 0.719. The van der Waals surface area contributed by atoms with Gasteiger partial charge in [0, 0.05) is 6.08 Å². The molecule has 5 nitrogen and oxygen atoms in total. The monoisotopic (exact) mass is 381 g/mol. The van der Waals surface area contributed by atoms with Crippen LogP contribution in [0, 0.1) is 6.92 Å². The lowest BCUT2D eigenvalue weighted by Crippen LogP contribution is -3.14. The summed E-state index contributed by atoms with van der Waals surface area (Å²) in [7, 11) is 1.64. The van der Waals surface area contributed by atoms with Crippen molar-refractivity contribution in [3.63, 3.8) is 0 Å². The fourth-order valence-corrected chi connectivity index (χ4v) is 3.31. The van der Waals surface area contributed by atoms with Crippen LogP contribution in [0.3, 0.4) is 0 Å². The lowest BCUT2D eigenvalue weighted by Gasteiger charge is -2.28. The zero-order valence-electron chi connectivity index (χ0n) is 16.6. The molecule has 1 aliphatic rings. The van der Waals surface area contributed by atoms with E-state index in [1.165, 1.54) is 10.5 Å². The van der Waals surface area contributed by atoms with E-state index in [1.54, 1.807) is 13.2 Å². The highest BCUT2D eigenvalue weighted by Crippen LogP contribution is 2.14. The lowest BCUT2D eigenvalue weighted by atomic mass is 10.0. The van der Waals surface area contributed by atoms with E-state index >= 15 is 0 Å². The Morgan fingerprint density at radius 3 is 2.46 bits per heavy atom. The van der Waals surface area contributed by atoms with Crippen LogP contribution < -0.4 is 15.0 Å². The highest BCUT2D eigenvalue weighted by molar-refractivity contribution is 5.92. The molecule has 1 heterocycles. The summed E-state index contributed by atoms with van der Waals surface area (Å²) in [5, 5.41) is 3.18. The molecule has 28 heavy (non-hydrogen) atoms. The molecule has 1 fully saturated rings. The van der Waals surface area contributed by atoms with E-state index in [0.29, 0.717) is 0 Å². The molecule has 1 atom stereocenters. The topological polar surface area (TPSA) is 52.0 Å². The van der Waals surface area contributed by atoms with Crippen LogP contribution in [0.4, 0.5) is 0 Å². The summed E-state index contributed by atoms with van der Waals surface area (Å²) < 4.78 is 10.6. The molecule has 5 heteroatoms. The van der Waals surface area contributed by atoms with Gasteiger partial charge in [0.05, 0.1) is 20.3 Å². The summed E-state index contributed by atoms with van der Waals surface area (Å²) in [6.45, 7) is 6.43. The summed E-state index contributed by atoms with van der Waals surface area (Å²) in [6, 6.07) is 16.0. The van der Waals surface area contributed by atoms with Gasteiger partial charge in [-0.1, -0.05) is 42.0 Å². The maximum atomic E-state index is 12.6. The van der Waals surface area contributed by atoms with E-state index in [4.69, 9.17) is 9.47 Å². The average Bonchev–Trinajstić information content (AvgIpc) is 2.73. The van der Waals surface area contributed by atoms with Crippen LogP contribution in [0.2, 0.25) is 0 Å². The Morgan fingerprint density at radius 2 is 1.82 bits per heavy atom. The number of benzene rings is 2. The molecular weight excluding hydrogens is 352 g/mol. The van der Waals surface area contributed by atoms with Crippen LogP contribution in [-0.4, -0.2) is 45.9 Å². The number of nitrogens with one attached hydrogen (secondary N) is 2. The number of hydrogen-bond acceptors (Lipinski definition) is 3. The van der Waals surface area contributed by atoms with E-state index in [0.717, 1.165) is 49.7 Å². The Bertz CT molecular complexity index is 778. The minimum atomic E-state index is -0.0888. The highest BCUT2D eigenvalue weighted by Gasteiger charge is 2.22. The second-order valence-electron chi connectivity index (χ2n) is 7.14. The molecule has 1 aliphatic heterocycles. The second-order valence-corrected chi connectivity index (χ2v) is 7.14. The SMILES string of the molecule is COc1ccc(/C=C/C(=O)N[C@H](C[NH+]2CCOCC2)c2ccc(C)cc2)cc1. The zero-order valence-corrected chi connectivity index (χ0v) is 16.6. The molecule has 1 saturated heterocycles. The number of morpholine rings is 1. The van der Waals surface area contributed by atoms with Crippen molar-refractivity contribution < 1.29 is 19.2 Å². The standard InChI is InChI=1S/C23H28N2O3/c1-18-3-8-20(9-4-18)22(17-25-13-15-28-16-14-25)24-23(26)12-7-19-5-10-21(27-2)11-6-19/h3-12,22H,13-17H2,1-2H3,(H,24,26)/p+1/b12-7+/t22-/m1/s1. The van der Waals surface area contributed by atoms with Gasteiger partial charge in [-0.25, -0.2) is 0 Å². The first-order chi connectivity index (χ1) is 13.6. The van der Waals surface area contributed by atoms with Crippen LogP contribution in [0.1, 0.15) is 22.7 Å². The molecule has 3 rings (SSSR count). The van der Waals surface area contributed by atoms with Crippen LogP contribution in [0.15, 0.2) is 54.6 Å².